The standard InChI is InChI=1S/C16H27BrN2O3S/c1-11(20)10-19(15(21)22-16(3,4)5)8-7-18-12(2)14-13(17)6-9-23-14/h6,9,11-12,18,20H,7-8,10H2,1-5H3. The predicted molar refractivity (Wildman–Crippen MR) is 97.9 cm³/mol. The first-order chi connectivity index (χ1) is 10.6. The average molecular weight is 407 g/mol. The number of ether oxygens (including phenoxy) is 1. The van der Waals surface area contributed by atoms with E-state index in [1.807, 2.05) is 32.2 Å². The van der Waals surface area contributed by atoms with Gasteiger partial charge in [0.15, 0.2) is 0 Å². The molecule has 2 N–H and O–H groups in total. The Morgan fingerprint density at radius 1 is 1.48 bits per heavy atom. The molecule has 23 heavy (non-hydrogen) atoms. The Bertz CT molecular complexity index is 500. The van der Waals surface area contributed by atoms with Gasteiger partial charge < -0.3 is 20.1 Å². The first kappa shape index (κ1) is 20.4. The minimum absolute atomic E-state index is 0.191. The van der Waals surface area contributed by atoms with Gasteiger partial charge >= 0.3 is 6.09 Å². The minimum atomic E-state index is -0.591. The van der Waals surface area contributed by atoms with Gasteiger partial charge in [0.05, 0.1) is 6.10 Å². The normalized spacial score (nSPS) is 14.4. The second kappa shape index (κ2) is 9.01. The van der Waals surface area contributed by atoms with Crippen LogP contribution in [0.3, 0.4) is 0 Å². The van der Waals surface area contributed by atoms with Crippen LogP contribution in [0.5, 0.6) is 0 Å². The highest BCUT2D eigenvalue weighted by Crippen LogP contribution is 2.28. The highest BCUT2D eigenvalue weighted by Gasteiger charge is 2.23. The van der Waals surface area contributed by atoms with Crippen molar-refractivity contribution in [3.8, 4) is 0 Å². The molecule has 2 unspecified atom stereocenters. The van der Waals surface area contributed by atoms with Gasteiger partial charge in [-0.2, -0.15) is 0 Å². The molecule has 1 amide bonds. The molecule has 0 fully saturated rings. The quantitative estimate of drug-likeness (QED) is 0.722. The topological polar surface area (TPSA) is 61.8 Å². The zero-order valence-electron chi connectivity index (χ0n) is 14.4. The number of aliphatic hydroxyl groups is 1. The maximum Gasteiger partial charge on any atom is 0.410 e. The number of amides is 1. The minimum Gasteiger partial charge on any atom is -0.444 e. The second-order valence-corrected chi connectivity index (χ2v) is 8.39. The number of nitrogens with zero attached hydrogens (tertiary/aromatic N) is 1. The Morgan fingerprint density at radius 2 is 2.13 bits per heavy atom. The molecule has 7 heteroatoms. The van der Waals surface area contributed by atoms with Crippen molar-refractivity contribution < 1.29 is 14.6 Å². The van der Waals surface area contributed by atoms with Gasteiger partial charge in [-0.15, -0.1) is 11.3 Å². The number of aliphatic hydroxyl groups excluding tert-OH is 1. The molecule has 1 aromatic heterocycles. The smallest absolute Gasteiger partial charge is 0.410 e. The third kappa shape index (κ3) is 7.65. The first-order valence-corrected chi connectivity index (χ1v) is 9.39. The maximum atomic E-state index is 12.2. The number of carbonyl (C=O) groups is 1. The third-order valence-electron chi connectivity index (χ3n) is 3.01. The van der Waals surface area contributed by atoms with E-state index in [9.17, 15) is 9.90 Å². The largest absolute Gasteiger partial charge is 0.444 e. The molecule has 0 bridgehead atoms. The Hall–Kier alpha value is -0.630. The van der Waals surface area contributed by atoms with E-state index in [-0.39, 0.29) is 12.6 Å². The summed E-state index contributed by atoms with van der Waals surface area (Å²) in [7, 11) is 0. The van der Waals surface area contributed by atoms with Crippen LogP contribution < -0.4 is 5.32 Å². The van der Waals surface area contributed by atoms with Crippen LogP contribution >= 0.6 is 27.3 Å². The highest BCUT2D eigenvalue weighted by atomic mass is 79.9. The van der Waals surface area contributed by atoms with Crippen LogP contribution in [-0.4, -0.2) is 47.4 Å². The fraction of sp³-hybridized carbons (Fsp3) is 0.688. The molecule has 2 atom stereocenters. The highest BCUT2D eigenvalue weighted by molar-refractivity contribution is 9.10. The van der Waals surface area contributed by atoms with Crippen LogP contribution in [0, 0.1) is 0 Å². The second-order valence-electron chi connectivity index (χ2n) is 6.58. The average Bonchev–Trinajstić information content (AvgIpc) is 2.81. The van der Waals surface area contributed by atoms with E-state index in [1.165, 1.54) is 4.88 Å². The van der Waals surface area contributed by atoms with E-state index in [2.05, 4.69) is 28.2 Å². The molecule has 5 nitrogen and oxygen atoms in total. The summed E-state index contributed by atoms with van der Waals surface area (Å²) in [4.78, 5) is 15.0. The Labute approximate surface area is 151 Å². The van der Waals surface area contributed by atoms with Crippen molar-refractivity contribution in [2.24, 2.45) is 0 Å². The van der Waals surface area contributed by atoms with Gasteiger partial charge in [0, 0.05) is 35.0 Å². The number of carbonyl (C=O) groups excluding carboxylic acids is 1. The summed E-state index contributed by atoms with van der Waals surface area (Å²) in [6, 6.07) is 2.22. The van der Waals surface area contributed by atoms with Crippen molar-refractivity contribution in [2.45, 2.75) is 52.4 Å². The lowest BCUT2D eigenvalue weighted by molar-refractivity contribution is 0.0163. The van der Waals surface area contributed by atoms with Crippen molar-refractivity contribution in [1.29, 1.82) is 0 Å². The monoisotopic (exact) mass is 406 g/mol. The summed E-state index contributed by atoms with van der Waals surface area (Å²) >= 11 is 5.22. The van der Waals surface area contributed by atoms with Gasteiger partial charge in [0.1, 0.15) is 5.60 Å². The summed E-state index contributed by atoms with van der Waals surface area (Å²) in [5.41, 5.74) is -0.545. The van der Waals surface area contributed by atoms with Crippen molar-refractivity contribution in [3.05, 3.63) is 20.8 Å². The summed E-state index contributed by atoms with van der Waals surface area (Å²) in [6.45, 7) is 10.6. The summed E-state index contributed by atoms with van der Waals surface area (Å²) < 4.78 is 6.49. The van der Waals surface area contributed by atoms with Crippen LogP contribution in [0.25, 0.3) is 0 Å². The zero-order valence-corrected chi connectivity index (χ0v) is 16.8. The molecule has 0 saturated heterocycles. The summed E-state index contributed by atoms with van der Waals surface area (Å²) in [5, 5.41) is 15.0. The molecular formula is C16H27BrN2O3S. The lowest BCUT2D eigenvalue weighted by Gasteiger charge is -2.28. The van der Waals surface area contributed by atoms with Crippen molar-refractivity contribution in [1.82, 2.24) is 10.2 Å². The lowest BCUT2D eigenvalue weighted by atomic mass is 10.2. The van der Waals surface area contributed by atoms with Crippen LogP contribution in [0.2, 0.25) is 0 Å². The molecule has 0 aliphatic carbocycles. The Kier molecular flexibility index (Phi) is 8.00. The number of halogens is 1. The summed E-state index contributed by atoms with van der Waals surface area (Å²) in [6.07, 6.45) is -0.989. The van der Waals surface area contributed by atoms with E-state index in [0.29, 0.717) is 13.1 Å². The van der Waals surface area contributed by atoms with Crippen molar-refractivity contribution in [2.75, 3.05) is 19.6 Å². The molecule has 132 valence electrons. The maximum absolute atomic E-state index is 12.2. The molecule has 0 radical (unpaired) electrons. The predicted octanol–water partition coefficient (Wildman–Crippen LogP) is 3.78. The molecule has 1 aromatic rings. The Morgan fingerprint density at radius 3 is 2.61 bits per heavy atom. The molecule has 0 aromatic carbocycles. The van der Waals surface area contributed by atoms with Crippen LogP contribution in [0.4, 0.5) is 4.79 Å². The van der Waals surface area contributed by atoms with E-state index in [1.54, 1.807) is 23.2 Å². The van der Waals surface area contributed by atoms with E-state index in [0.717, 1.165) is 4.47 Å². The molecule has 0 saturated carbocycles. The van der Waals surface area contributed by atoms with Gasteiger partial charge in [-0.25, -0.2) is 4.79 Å². The lowest BCUT2D eigenvalue weighted by Crippen LogP contribution is -2.43. The molecule has 0 aliphatic heterocycles. The van der Waals surface area contributed by atoms with Gasteiger partial charge in [-0.05, 0) is 62.0 Å². The fourth-order valence-corrected chi connectivity index (χ4v) is 3.78. The summed E-state index contributed by atoms with van der Waals surface area (Å²) in [5.74, 6) is 0. The SMILES string of the molecule is CC(O)CN(CCNC(C)c1sccc1Br)C(=O)OC(C)(C)C. The number of hydrogen-bond donors (Lipinski definition) is 2. The Balaban J connectivity index is 2.54. The van der Waals surface area contributed by atoms with Crippen LogP contribution in [0.1, 0.15) is 45.5 Å². The molecule has 0 aliphatic rings. The fourth-order valence-electron chi connectivity index (χ4n) is 2.03. The van der Waals surface area contributed by atoms with Crippen LogP contribution in [-0.2, 0) is 4.74 Å². The number of rotatable bonds is 7. The first-order valence-electron chi connectivity index (χ1n) is 7.72. The van der Waals surface area contributed by atoms with Gasteiger partial charge in [0.2, 0.25) is 0 Å². The van der Waals surface area contributed by atoms with Crippen molar-refractivity contribution in [3.63, 3.8) is 0 Å². The zero-order chi connectivity index (χ0) is 17.6. The molecule has 0 spiro atoms. The van der Waals surface area contributed by atoms with E-state index in [4.69, 9.17) is 4.74 Å². The molecule has 1 rings (SSSR count). The molecular weight excluding hydrogens is 380 g/mol. The van der Waals surface area contributed by atoms with E-state index >= 15 is 0 Å². The number of hydrogen-bond acceptors (Lipinski definition) is 5. The molecule has 1 heterocycles. The third-order valence-corrected chi connectivity index (χ3v) is 5.06. The van der Waals surface area contributed by atoms with E-state index < -0.39 is 17.8 Å². The van der Waals surface area contributed by atoms with Gasteiger partial charge in [-0.3, -0.25) is 0 Å². The van der Waals surface area contributed by atoms with Gasteiger partial charge in [-0.1, -0.05) is 0 Å². The van der Waals surface area contributed by atoms with Gasteiger partial charge in [0.25, 0.3) is 0 Å². The number of nitrogens with one attached hydrogen (secondary N) is 1. The van der Waals surface area contributed by atoms with Crippen molar-refractivity contribution >= 4 is 33.4 Å². The van der Waals surface area contributed by atoms with Crippen LogP contribution in [0.15, 0.2) is 15.9 Å². The number of thiophene rings is 1.